The number of benzene rings is 2. The number of thioether (sulfide) groups is 1. The lowest BCUT2D eigenvalue weighted by molar-refractivity contribution is -0.121. The van der Waals surface area contributed by atoms with E-state index in [9.17, 15) is 14.9 Å². The molecule has 7 heteroatoms. The van der Waals surface area contributed by atoms with Gasteiger partial charge >= 0.3 is 0 Å². The summed E-state index contributed by atoms with van der Waals surface area (Å²) in [6.07, 6.45) is 1.00. The van der Waals surface area contributed by atoms with Gasteiger partial charge in [-0.05, 0) is 35.7 Å². The van der Waals surface area contributed by atoms with Crippen LogP contribution in [0.2, 0.25) is 0 Å². The fourth-order valence-electron chi connectivity index (χ4n) is 3.33. The lowest BCUT2D eigenvalue weighted by Gasteiger charge is -2.25. The van der Waals surface area contributed by atoms with Gasteiger partial charge in [-0.3, -0.25) is 9.59 Å². The summed E-state index contributed by atoms with van der Waals surface area (Å²) in [4.78, 5) is 24.7. The molecule has 0 spiro atoms. The Balaban J connectivity index is 1.75. The number of hydrogen-bond acceptors (Lipinski definition) is 5. The minimum absolute atomic E-state index is 0.0914. The number of nitrogens with one attached hydrogen (secondary N) is 2. The molecule has 2 aromatic carbocycles. The molecule has 0 aromatic heterocycles. The van der Waals surface area contributed by atoms with Crippen molar-refractivity contribution < 1.29 is 14.3 Å². The molecule has 0 unspecified atom stereocenters. The van der Waals surface area contributed by atoms with Crippen molar-refractivity contribution in [1.29, 1.82) is 5.26 Å². The van der Waals surface area contributed by atoms with Crippen molar-refractivity contribution in [2.24, 2.45) is 0 Å². The van der Waals surface area contributed by atoms with Gasteiger partial charge in [-0.2, -0.15) is 5.26 Å². The molecule has 0 bridgehead atoms. The maximum Gasteiger partial charge on any atom is 0.234 e. The van der Waals surface area contributed by atoms with E-state index in [0.717, 1.165) is 23.2 Å². The van der Waals surface area contributed by atoms with Crippen LogP contribution in [0.4, 0.5) is 5.69 Å². The number of para-hydroxylation sites is 1. The molecule has 0 radical (unpaired) electrons. The SMILES string of the molecule is CCc1ccccc1NC(=O)CSC1=C(C#N)[C@H](c2ccc(OC)cc2)CC(=O)N1. The quantitative estimate of drug-likeness (QED) is 0.706. The van der Waals surface area contributed by atoms with Crippen LogP contribution in [0.3, 0.4) is 0 Å². The van der Waals surface area contributed by atoms with Crippen LogP contribution in [0.25, 0.3) is 0 Å². The van der Waals surface area contributed by atoms with Gasteiger partial charge in [0.25, 0.3) is 0 Å². The van der Waals surface area contributed by atoms with E-state index in [2.05, 4.69) is 16.7 Å². The third-order valence-electron chi connectivity index (χ3n) is 4.89. The number of methoxy groups -OCH3 is 1. The van der Waals surface area contributed by atoms with Crippen molar-refractivity contribution in [2.75, 3.05) is 18.2 Å². The van der Waals surface area contributed by atoms with E-state index >= 15 is 0 Å². The van der Waals surface area contributed by atoms with E-state index < -0.39 is 0 Å². The predicted molar refractivity (Wildman–Crippen MR) is 118 cm³/mol. The van der Waals surface area contributed by atoms with Gasteiger partial charge in [0.1, 0.15) is 5.75 Å². The van der Waals surface area contributed by atoms with Crippen molar-refractivity contribution >= 4 is 29.3 Å². The van der Waals surface area contributed by atoms with Gasteiger partial charge in [0.15, 0.2) is 0 Å². The molecule has 3 rings (SSSR count). The van der Waals surface area contributed by atoms with Crippen LogP contribution in [0.5, 0.6) is 5.75 Å². The molecule has 1 heterocycles. The van der Waals surface area contributed by atoms with Crippen LogP contribution < -0.4 is 15.4 Å². The summed E-state index contributed by atoms with van der Waals surface area (Å²) in [6.45, 7) is 2.03. The van der Waals surface area contributed by atoms with Crippen LogP contribution in [-0.2, 0) is 16.0 Å². The van der Waals surface area contributed by atoms with Gasteiger partial charge in [-0.1, -0.05) is 49.0 Å². The third-order valence-corrected chi connectivity index (χ3v) is 5.91. The van der Waals surface area contributed by atoms with Crippen molar-refractivity contribution in [2.45, 2.75) is 25.7 Å². The number of nitriles is 1. The number of aryl methyl sites for hydroxylation is 1. The van der Waals surface area contributed by atoms with E-state index in [4.69, 9.17) is 4.74 Å². The Kier molecular flexibility index (Phi) is 7.15. The first kappa shape index (κ1) is 21.5. The van der Waals surface area contributed by atoms with Crippen molar-refractivity contribution in [1.82, 2.24) is 5.32 Å². The highest BCUT2D eigenvalue weighted by Gasteiger charge is 2.29. The average Bonchev–Trinajstić information content (AvgIpc) is 2.77. The second kappa shape index (κ2) is 9.99. The fraction of sp³-hybridized carbons (Fsp3) is 0.261. The van der Waals surface area contributed by atoms with Gasteiger partial charge in [-0.15, -0.1) is 0 Å². The van der Waals surface area contributed by atoms with Crippen molar-refractivity contribution in [3.8, 4) is 11.8 Å². The fourth-order valence-corrected chi connectivity index (χ4v) is 4.21. The second-order valence-electron chi connectivity index (χ2n) is 6.78. The van der Waals surface area contributed by atoms with Gasteiger partial charge in [-0.25, -0.2) is 0 Å². The lowest BCUT2D eigenvalue weighted by atomic mass is 9.87. The lowest BCUT2D eigenvalue weighted by Crippen LogP contribution is -2.31. The molecule has 2 aromatic rings. The number of rotatable bonds is 7. The molecule has 2 N–H and O–H groups in total. The number of carbonyl (C=O) groups excluding carboxylic acids is 2. The number of ether oxygens (including phenoxy) is 1. The third kappa shape index (κ3) is 5.02. The van der Waals surface area contributed by atoms with E-state index in [1.54, 1.807) is 7.11 Å². The van der Waals surface area contributed by atoms with Gasteiger partial charge in [0.2, 0.25) is 11.8 Å². The van der Waals surface area contributed by atoms with E-state index in [1.165, 1.54) is 11.8 Å². The summed E-state index contributed by atoms with van der Waals surface area (Å²) in [5.74, 6) is 0.0930. The van der Waals surface area contributed by atoms with Crippen LogP contribution in [0, 0.1) is 11.3 Å². The first-order valence-corrected chi connectivity index (χ1v) is 10.6. The number of allylic oxidation sites excluding steroid dienone is 1. The largest absolute Gasteiger partial charge is 0.497 e. The number of nitrogens with zero attached hydrogens (tertiary/aromatic N) is 1. The molecule has 6 nitrogen and oxygen atoms in total. The highest BCUT2D eigenvalue weighted by Crippen LogP contribution is 2.36. The standard InChI is InChI=1S/C23H23N3O3S/c1-3-15-6-4-5-7-20(15)25-22(28)14-30-23-19(13-24)18(12-21(27)26-23)16-8-10-17(29-2)11-9-16/h4-11,18H,3,12,14H2,1-2H3,(H,25,28)(H,26,27)/t18-/m0/s1. The van der Waals surface area contributed by atoms with Gasteiger partial charge in [0.05, 0.1) is 29.5 Å². The predicted octanol–water partition coefficient (Wildman–Crippen LogP) is 3.97. The topological polar surface area (TPSA) is 91.2 Å². The summed E-state index contributed by atoms with van der Waals surface area (Å²) in [6, 6.07) is 17.2. The smallest absolute Gasteiger partial charge is 0.234 e. The van der Waals surface area contributed by atoms with Gasteiger partial charge in [0, 0.05) is 18.0 Å². The highest BCUT2D eigenvalue weighted by molar-refractivity contribution is 8.03. The number of amides is 2. The zero-order valence-electron chi connectivity index (χ0n) is 16.9. The van der Waals surface area contributed by atoms with Crippen molar-refractivity contribution in [3.63, 3.8) is 0 Å². The first-order valence-electron chi connectivity index (χ1n) is 9.64. The maximum atomic E-state index is 12.5. The number of hydrogen-bond donors (Lipinski definition) is 2. The monoisotopic (exact) mass is 421 g/mol. The van der Waals surface area contributed by atoms with Crippen LogP contribution in [0.15, 0.2) is 59.1 Å². The number of anilines is 1. The van der Waals surface area contributed by atoms with Crippen LogP contribution in [0.1, 0.15) is 30.4 Å². The van der Waals surface area contributed by atoms with Crippen LogP contribution in [-0.4, -0.2) is 24.7 Å². The Morgan fingerprint density at radius 1 is 1.27 bits per heavy atom. The van der Waals surface area contributed by atoms with E-state index in [-0.39, 0.29) is 29.9 Å². The molecule has 0 aliphatic carbocycles. The molecule has 2 amide bonds. The highest BCUT2D eigenvalue weighted by atomic mass is 32.2. The van der Waals surface area contributed by atoms with E-state index in [1.807, 2.05) is 55.5 Å². The minimum atomic E-state index is -0.346. The molecule has 154 valence electrons. The Morgan fingerprint density at radius 2 is 2.00 bits per heavy atom. The zero-order valence-corrected chi connectivity index (χ0v) is 17.7. The molecule has 1 atom stereocenters. The summed E-state index contributed by atoms with van der Waals surface area (Å²) in [7, 11) is 1.59. The second-order valence-corrected chi connectivity index (χ2v) is 7.77. The zero-order chi connectivity index (χ0) is 21.5. The first-order chi connectivity index (χ1) is 14.5. The Labute approximate surface area is 180 Å². The number of carbonyl (C=O) groups is 2. The summed E-state index contributed by atoms with van der Waals surface area (Å²) < 4.78 is 5.18. The maximum absolute atomic E-state index is 12.5. The minimum Gasteiger partial charge on any atom is -0.497 e. The Hall–Kier alpha value is -3.24. The normalized spacial score (nSPS) is 15.9. The summed E-state index contributed by atoms with van der Waals surface area (Å²) in [5.41, 5.74) is 3.16. The molecule has 0 saturated carbocycles. The van der Waals surface area contributed by atoms with Gasteiger partial charge < -0.3 is 15.4 Å². The molecule has 1 aliphatic rings. The van der Waals surface area contributed by atoms with Crippen molar-refractivity contribution in [3.05, 3.63) is 70.3 Å². The molecule has 30 heavy (non-hydrogen) atoms. The Morgan fingerprint density at radius 3 is 2.67 bits per heavy atom. The van der Waals surface area contributed by atoms with Crippen LogP contribution >= 0.6 is 11.8 Å². The average molecular weight is 422 g/mol. The summed E-state index contributed by atoms with van der Waals surface area (Å²) in [5, 5.41) is 15.9. The molecule has 0 saturated heterocycles. The molecule has 1 aliphatic heterocycles. The van der Waals surface area contributed by atoms with E-state index in [0.29, 0.717) is 16.4 Å². The molecule has 0 fully saturated rings. The Bertz CT molecular complexity index is 1010. The molecular weight excluding hydrogens is 398 g/mol. The molecular formula is C23H23N3O3S. The summed E-state index contributed by atoms with van der Waals surface area (Å²) >= 11 is 1.17.